The number of carbonyl (C=O) groups is 2. The highest BCUT2D eigenvalue weighted by atomic mass is 35.5. The van der Waals surface area contributed by atoms with Crippen molar-refractivity contribution in [3.05, 3.63) is 39.9 Å². The first kappa shape index (κ1) is 22.7. The van der Waals surface area contributed by atoms with Gasteiger partial charge < -0.3 is 4.74 Å². The number of benzene rings is 1. The Morgan fingerprint density at radius 3 is 2.35 bits per heavy atom. The standard InChI is InChI=1S/C21H28Cl2O3/c1-2-3-4-5-6-7-8-9-15-26-20(25)16-18(24)14-13-17-11-10-12-19(22)21(17)23/h10-14H,2-9,15-16H2,1H3. The fraction of sp³-hybridized carbons (Fsp3) is 0.524. The third kappa shape index (κ3) is 9.98. The molecule has 3 nitrogen and oxygen atoms in total. The van der Waals surface area contributed by atoms with Gasteiger partial charge in [0.25, 0.3) is 0 Å². The number of esters is 1. The maximum Gasteiger partial charge on any atom is 0.313 e. The van der Waals surface area contributed by atoms with Crippen LogP contribution in [0.1, 0.15) is 70.3 Å². The second kappa shape index (κ2) is 13.8. The highest BCUT2D eigenvalue weighted by Crippen LogP contribution is 2.26. The summed E-state index contributed by atoms with van der Waals surface area (Å²) in [5.74, 6) is -0.804. The van der Waals surface area contributed by atoms with Gasteiger partial charge in [0, 0.05) is 0 Å². The molecule has 0 fully saturated rings. The van der Waals surface area contributed by atoms with Gasteiger partial charge in [-0.3, -0.25) is 9.59 Å². The van der Waals surface area contributed by atoms with Crippen molar-refractivity contribution in [1.29, 1.82) is 0 Å². The van der Waals surface area contributed by atoms with Gasteiger partial charge in [0.1, 0.15) is 6.42 Å². The fourth-order valence-electron chi connectivity index (χ4n) is 2.51. The molecule has 0 spiro atoms. The van der Waals surface area contributed by atoms with Crippen LogP contribution in [0, 0.1) is 0 Å². The van der Waals surface area contributed by atoms with E-state index < -0.39 is 5.97 Å². The Balaban J connectivity index is 2.16. The lowest BCUT2D eigenvalue weighted by molar-refractivity contribution is -0.145. The summed E-state index contributed by atoms with van der Waals surface area (Å²) in [5.41, 5.74) is 0.639. The summed E-state index contributed by atoms with van der Waals surface area (Å²) in [6.07, 6.45) is 12.1. The molecule has 0 amide bonds. The Hall–Kier alpha value is -1.32. The van der Waals surface area contributed by atoms with E-state index in [1.54, 1.807) is 24.3 Å². The molecule has 1 rings (SSSR count). The van der Waals surface area contributed by atoms with E-state index in [4.69, 9.17) is 27.9 Å². The summed E-state index contributed by atoms with van der Waals surface area (Å²) < 4.78 is 5.11. The van der Waals surface area contributed by atoms with Gasteiger partial charge in [-0.15, -0.1) is 0 Å². The van der Waals surface area contributed by atoms with Crippen LogP contribution in [0.25, 0.3) is 6.08 Å². The molecule has 5 heteroatoms. The molecule has 0 aliphatic carbocycles. The summed E-state index contributed by atoms with van der Waals surface area (Å²) in [4.78, 5) is 23.5. The predicted octanol–water partition coefficient (Wildman–Crippen LogP) is 6.65. The van der Waals surface area contributed by atoms with Gasteiger partial charge in [-0.1, -0.05) is 87.2 Å². The fourth-order valence-corrected chi connectivity index (χ4v) is 2.88. The van der Waals surface area contributed by atoms with Crippen molar-refractivity contribution in [2.75, 3.05) is 6.61 Å². The summed E-state index contributed by atoms with van der Waals surface area (Å²) in [6, 6.07) is 5.17. The van der Waals surface area contributed by atoms with E-state index in [-0.39, 0.29) is 12.2 Å². The van der Waals surface area contributed by atoms with Crippen LogP contribution in [0.5, 0.6) is 0 Å². The van der Waals surface area contributed by atoms with Crippen molar-refractivity contribution in [2.24, 2.45) is 0 Å². The molecule has 0 saturated carbocycles. The topological polar surface area (TPSA) is 43.4 Å². The molecule has 0 unspecified atom stereocenters. The largest absolute Gasteiger partial charge is 0.465 e. The van der Waals surface area contributed by atoms with Gasteiger partial charge in [0.2, 0.25) is 0 Å². The van der Waals surface area contributed by atoms with Crippen LogP contribution in [0.4, 0.5) is 0 Å². The van der Waals surface area contributed by atoms with Crippen LogP contribution in [0.15, 0.2) is 24.3 Å². The zero-order valence-electron chi connectivity index (χ0n) is 15.4. The highest BCUT2D eigenvalue weighted by molar-refractivity contribution is 6.42. The van der Waals surface area contributed by atoms with E-state index in [0.717, 1.165) is 12.8 Å². The first-order chi connectivity index (χ1) is 12.5. The molecule has 144 valence electrons. The lowest BCUT2D eigenvalue weighted by atomic mass is 10.1. The van der Waals surface area contributed by atoms with Crippen LogP contribution < -0.4 is 0 Å². The molecule has 0 aliphatic rings. The minimum absolute atomic E-state index is 0.258. The van der Waals surface area contributed by atoms with E-state index in [2.05, 4.69) is 6.92 Å². The second-order valence-electron chi connectivity index (χ2n) is 6.31. The van der Waals surface area contributed by atoms with E-state index in [0.29, 0.717) is 22.2 Å². The maximum atomic E-state index is 11.8. The normalized spacial score (nSPS) is 11.0. The minimum atomic E-state index is -0.486. The van der Waals surface area contributed by atoms with Gasteiger partial charge in [-0.2, -0.15) is 0 Å². The molecule has 0 saturated heterocycles. The van der Waals surface area contributed by atoms with Crippen LogP contribution in [0.3, 0.4) is 0 Å². The SMILES string of the molecule is CCCCCCCCCCOC(=O)CC(=O)C=Cc1cccc(Cl)c1Cl. The first-order valence-electron chi connectivity index (χ1n) is 9.35. The molecule has 0 aliphatic heterocycles. The molecule has 26 heavy (non-hydrogen) atoms. The van der Waals surface area contributed by atoms with Gasteiger partial charge in [-0.05, 0) is 30.2 Å². The Kier molecular flexibility index (Phi) is 12.1. The van der Waals surface area contributed by atoms with Gasteiger partial charge in [-0.25, -0.2) is 0 Å². The number of unbranched alkanes of at least 4 members (excludes halogenated alkanes) is 7. The zero-order chi connectivity index (χ0) is 19.2. The number of allylic oxidation sites excluding steroid dienone is 1. The lowest BCUT2D eigenvalue weighted by Gasteiger charge is -2.04. The molecule has 0 heterocycles. The van der Waals surface area contributed by atoms with Gasteiger partial charge >= 0.3 is 5.97 Å². The van der Waals surface area contributed by atoms with Crippen molar-refractivity contribution in [2.45, 2.75) is 64.7 Å². The number of halogens is 2. The number of ether oxygens (including phenoxy) is 1. The number of ketones is 1. The molecule has 0 atom stereocenters. The lowest BCUT2D eigenvalue weighted by Crippen LogP contribution is -2.10. The third-order valence-electron chi connectivity index (χ3n) is 4.01. The third-order valence-corrected chi connectivity index (χ3v) is 4.84. The van der Waals surface area contributed by atoms with Crippen LogP contribution in [-0.4, -0.2) is 18.4 Å². The number of carbonyl (C=O) groups excluding carboxylic acids is 2. The van der Waals surface area contributed by atoms with Gasteiger partial charge in [0.15, 0.2) is 5.78 Å². The molecule has 0 bridgehead atoms. The van der Waals surface area contributed by atoms with Gasteiger partial charge in [0.05, 0.1) is 16.7 Å². The molecule has 0 aromatic heterocycles. The van der Waals surface area contributed by atoms with Crippen molar-refractivity contribution in [3.63, 3.8) is 0 Å². The molecular formula is C21H28Cl2O3. The van der Waals surface area contributed by atoms with Crippen LogP contribution in [-0.2, 0) is 14.3 Å². The average Bonchev–Trinajstić information content (AvgIpc) is 2.61. The molecule has 1 aromatic carbocycles. The Bertz CT molecular complexity index is 597. The monoisotopic (exact) mass is 398 g/mol. The van der Waals surface area contributed by atoms with Crippen LogP contribution in [0.2, 0.25) is 10.0 Å². The summed E-state index contributed by atoms with van der Waals surface area (Å²) in [6.45, 7) is 2.59. The summed E-state index contributed by atoms with van der Waals surface area (Å²) in [5, 5.41) is 0.807. The van der Waals surface area contributed by atoms with Crippen LogP contribution >= 0.6 is 23.2 Å². The smallest absolute Gasteiger partial charge is 0.313 e. The molecule has 1 aromatic rings. The second-order valence-corrected chi connectivity index (χ2v) is 7.10. The van der Waals surface area contributed by atoms with Crippen molar-refractivity contribution in [3.8, 4) is 0 Å². The van der Waals surface area contributed by atoms with E-state index >= 15 is 0 Å². The minimum Gasteiger partial charge on any atom is -0.465 e. The Labute approximate surface area is 166 Å². The average molecular weight is 399 g/mol. The van der Waals surface area contributed by atoms with E-state index in [9.17, 15) is 9.59 Å². The van der Waals surface area contributed by atoms with Crippen molar-refractivity contribution < 1.29 is 14.3 Å². The first-order valence-corrected chi connectivity index (χ1v) is 10.1. The highest BCUT2D eigenvalue weighted by Gasteiger charge is 2.08. The van der Waals surface area contributed by atoms with E-state index in [1.807, 2.05) is 0 Å². The zero-order valence-corrected chi connectivity index (χ0v) is 17.0. The number of hydrogen-bond donors (Lipinski definition) is 0. The number of hydrogen-bond acceptors (Lipinski definition) is 3. The maximum absolute atomic E-state index is 11.8. The van der Waals surface area contributed by atoms with Crippen molar-refractivity contribution in [1.82, 2.24) is 0 Å². The molecule has 0 radical (unpaired) electrons. The molecular weight excluding hydrogens is 371 g/mol. The molecule has 0 N–H and O–H groups in total. The predicted molar refractivity (Wildman–Crippen MR) is 109 cm³/mol. The summed E-state index contributed by atoms with van der Waals surface area (Å²) in [7, 11) is 0. The van der Waals surface area contributed by atoms with E-state index in [1.165, 1.54) is 44.6 Å². The quantitative estimate of drug-likeness (QED) is 0.161. The summed E-state index contributed by atoms with van der Waals surface area (Å²) >= 11 is 12.0. The Morgan fingerprint density at radius 1 is 1.00 bits per heavy atom. The Morgan fingerprint density at radius 2 is 1.65 bits per heavy atom. The van der Waals surface area contributed by atoms with Crippen molar-refractivity contribution >= 4 is 41.0 Å². The number of rotatable bonds is 13.